The maximum absolute atomic E-state index is 15.1. The Bertz CT molecular complexity index is 1330. The van der Waals surface area contributed by atoms with Crippen LogP contribution in [0.3, 0.4) is 0 Å². The molecule has 2 aromatic carbocycles. The number of thioether (sulfide) groups is 1. The summed E-state index contributed by atoms with van der Waals surface area (Å²) in [6.07, 6.45) is 0.0456. The summed E-state index contributed by atoms with van der Waals surface area (Å²) in [7, 11) is 1.25. The molecule has 3 fully saturated rings. The predicted octanol–water partition coefficient (Wildman–Crippen LogP) is 3.32. The topological polar surface area (TPSA) is 103 Å². The van der Waals surface area contributed by atoms with Crippen LogP contribution in [0.2, 0.25) is 0 Å². The number of amides is 3. The maximum Gasteiger partial charge on any atom is 0.414 e. The van der Waals surface area contributed by atoms with Crippen LogP contribution in [0.1, 0.15) is 5.56 Å². The van der Waals surface area contributed by atoms with Gasteiger partial charge in [-0.2, -0.15) is 0 Å². The molecule has 5 rings (SSSR count). The first-order valence-electron chi connectivity index (χ1n) is 12.2. The van der Waals surface area contributed by atoms with E-state index in [4.69, 9.17) is 17.0 Å². The molecule has 39 heavy (non-hydrogen) atoms. The molecule has 3 amide bonds. The van der Waals surface area contributed by atoms with Gasteiger partial charge in [-0.3, -0.25) is 9.69 Å². The zero-order chi connectivity index (χ0) is 27.5. The Morgan fingerprint density at radius 2 is 1.85 bits per heavy atom. The Balaban J connectivity index is 1.17. The minimum atomic E-state index is -0.617. The Labute approximate surface area is 234 Å². The molecule has 0 aromatic heterocycles. The van der Waals surface area contributed by atoms with Gasteiger partial charge in [0.1, 0.15) is 16.2 Å². The second-order valence-electron chi connectivity index (χ2n) is 9.04. The monoisotopic (exact) mass is 571 g/mol. The number of hydrogen-bond acceptors (Lipinski definition) is 9. The molecule has 204 valence electrons. The second kappa shape index (κ2) is 11.5. The highest BCUT2D eigenvalue weighted by Crippen LogP contribution is 2.30. The number of anilines is 3. The van der Waals surface area contributed by atoms with Crippen molar-refractivity contribution >= 4 is 69.5 Å². The number of alkyl carbamates (subject to hydrolysis) is 1. The number of carbonyl (C=O) groups is 3. The van der Waals surface area contributed by atoms with Gasteiger partial charge in [-0.25, -0.2) is 14.0 Å². The Kier molecular flexibility index (Phi) is 7.89. The smallest absolute Gasteiger partial charge is 0.414 e. The van der Waals surface area contributed by atoms with Crippen molar-refractivity contribution < 1.29 is 28.2 Å². The largest absolute Gasteiger partial charge is 0.453 e. The van der Waals surface area contributed by atoms with Gasteiger partial charge in [0.05, 0.1) is 36.5 Å². The molecular formula is C26H26FN5O5S2. The number of cyclic esters (lactones) is 1. The molecule has 13 heteroatoms. The molecule has 2 aromatic rings. The number of thiocarbonyl (C=S) groups is 1. The van der Waals surface area contributed by atoms with E-state index >= 15 is 4.39 Å². The van der Waals surface area contributed by atoms with E-state index in [9.17, 15) is 14.4 Å². The van der Waals surface area contributed by atoms with Gasteiger partial charge in [0.25, 0.3) is 5.91 Å². The number of carbonyl (C=O) groups excluding carboxylic acids is 3. The number of nitrogens with one attached hydrogen (secondary N) is 2. The highest BCUT2D eigenvalue weighted by molar-refractivity contribution is 8.26. The van der Waals surface area contributed by atoms with Crippen molar-refractivity contribution in [2.75, 3.05) is 61.1 Å². The molecule has 2 N–H and O–H groups in total. The Morgan fingerprint density at radius 3 is 2.49 bits per heavy atom. The summed E-state index contributed by atoms with van der Waals surface area (Å²) < 4.78 is 25.4. The standard InChI is InChI=1S/C26H26FN5O5S2/c1-36-24(34)28-14-19-15-32(26(35)37-19)18-6-7-21(20(27)13-18)31-10-8-30(9-11-31)17-4-2-16(3-5-17)12-22-23(33)29-25(38)39-22/h2-7,12-13,19H,8-11,14-15H2,1H3,(H,28,34)(H,29,33,38)/t19-/m0/s1. The summed E-state index contributed by atoms with van der Waals surface area (Å²) in [6.45, 7) is 2.97. The molecule has 3 aliphatic heterocycles. The maximum atomic E-state index is 15.1. The Morgan fingerprint density at radius 1 is 1.15 bits per heavy atom. The molecule has 0 spiro atoms. The zero-order valence-corrected chi connectivity index (χ0v) is 22.6. The van der Waals surface area contributed by atoms with Crippen molar-refractivity contribution in [1.29, 1.82) is 0 Å². The molecule has 1 atom stereocenters. The quantitative estimate of drug-likeness (QED) is 0.399. The summed E-state index contributed by atoms with van der Waals surface area (Å²) in [6, 6.07) is 12.7. The molecule has 0 aliphatic carbocycles. The average molecular weight is 572 g/mol. The van der Waals surface area contributed by atoms with Crippen molar-refractivity contribution in [1.82, 2.24) is 10.6 Å². The van der Waals surface area contributed by atoms with E-state index in [-0.39, 0.29) is 19.0 Å². The molecule has 3 aliphatic rings. The molecule has 3 saturated heterocycles. The average Bonchev–Trinajstić information content (AvgIpc) is 3.47. The summed E-state index contributed by atoms with van der Waals surface area (Å²) in [5.41, 5.74) is 2.83. The van der Waals surface area contributed by atoms with Crippen LogP contribution >= 0.6 is 24.0 Å². The van der Waals surface area contributed by atoms with Gasteiger partial charge in [0.2, 0.25) is 0 Å². The SMILES string of the molecule is COC(=O)NC[C@H]1CN(c2ccc(N3CCN(c4ccc(C=C5SC(=S)NC5=O)cc4)CC3)c(F)c2)C(=O)O1. The van der Waals surface area contributed by atoms with Crippen LogP contribution in [0, 0.1) is 5.82 Å². The van der Waals surface area contributed by atoms with E-state index in [1.165, 1.54) is 29.8 Å². The third kappa shape index (κ3) is 6.09. The molecule has 0 saturated carbocycles. The summed E-state index contributed by atoms with van der Waals surface area (Å²) in [5, 5.41) is 5.10. The normalized spacial score (nSPS) is 20.4. The van der Waals surface area contributed by atoms with Crippen LogP contribution in [0.5, 0.6) is 0 Å². The lowest BCUT2D eigenvalue weighted by Gasteiger charge is -2.37. The lowest BCUT2D eigenvalue weighted by atomic mass is 10.1. The third-order valence-corrected chi connectivity index (χ3v) is 7.76. The summed E-state index contributed by atoms with van der Waals surface area (Å²) >= 11 is 6.28. The molecule has 0 bridgehead atoms. The highest BCUT2D eigenvalue weighted by atomic mass is 32.2. The lowest BCUT2D eigenvalue weighted by molar-refractivity contribution is -0.115. The highest BCUT2D eigenvalue weighted by Gasteiger charge is 2.33. The van der Waals surface area contributed by atoms with Crippen molar-refractivity contribution in [3.05, 3.63) is 58.8 Å². The number of rotatable bonds is 6. The van der Waals surface area contributed by atoms with E-state index < -0.39 is 24.1 Å². The van der Waals surface area contributed by atoms with Crippen LogP contribution in [0.4, 0.5) is 31.0 Å². The predicted molar refractivity (Wildman–Crippen MR) is 152 cm³/mol. The first kappa shape index (κ1) is 26.8. The van der Waals surface area contributed by atoms with Gasteiger partial charge in [0.15, 0.2) is 0 Å². The van der Waals surface area contributed by atoms with E-state index in [1.54, 1.807) is 12.1 Å². The minimum absolute atomic E-state index is 0.102. The molecule has 0 radical (unpaired) electrons. The summed E-state index contributed by atoms with van der Waals surface area (Å²) in [5.74, 6) is -0.599. The number of ether oxygens (including phenoxy) is 2. The molecular weight excluding hydrogens is 545 g/mol. The van der Waals surface area contributed by atoms with Gasteiger partial charge >= 0.3 is 12.2 Å². The van der Waals surface area contributed by atoms with Crippen LogP contribution < -0.4 is 25.3 Å². The van der Waals surface area contributed by atoms with Crippen molar-refractivity contribution in [3.63, 3.8) is 0 Å². The van der Waals surface area contributed by atoms with Gasteiger partial charge in [-0.15, -0.1) is 0 Å². The minimum Gasteiger partial charge on any atom is -0.453 e. The van der Waals surface area contributed by atoms with Crippen molar-refractivity contribution in [2.45, 2.75) is 6.10 Å². The number of benzene rings is 2. The number of hydrogen-bond donors (Lipinski definition) is 2. The van der Waals surface area contributed by atoms with E-state index in [1.807, 2.05) is 35.2 Å². The fourth-order valence-electron chi connectivity index (χ4n) is 4.59. The van der Waals surface area contributed by atoms with Crippen LogP contribution in [-0.4, -0.2) is 74.9 Å². The number of methoxy groups -OCH3 is 1. The van der Waals surface area contributed by atoms with Crippen LogP contribution in [-0.2, 0) is 14.3 Å². The molecule has 10 nitrogen and oxygen atoms in total. The number of nitrogens with zero attached hydrogens (tertiary/aromatic N) is 3. The van der Waals surface area contributed by atoms with E-state index in [0.29, 0.717) is 46.8 Å². The fourth-order valence-corrected chi connectivity index (χ4v) is 5.63. The zero-order valence-electron chi connectivity index (χ0n) is 21.0. The van der Waals surface area contributed by atoms with Crippen LogP contribution in [0.25, 0.3) is 6.08 Å². The second-order valence-corrected chi connectivity index (χ2v) is 10.8. The third-order valence-electron chi connectivity index (χ3n) is 6.59. The fraction of sp³-hybridized carbons (Fsp3) is 0.308. The first-order chi connectivity index (χ1) is 18.8. The van der Waals surface area contributed by atoms with Gasteiger partial charge in [0, 0.05) is 31.9 Å². The molecule has 3 heterocycles. The van der Waals surface area contributed by atoms with Crippen molar-refractivity contribution in [2.24, 2.45) is 0 Å². The van der Waals surface area contributed by atoms with Crippen LogP contribution in [0.15, 0.2) is 47.4 Å². The van der Waals surface area contributed by atoms with Gasteiger partial charge in [-0.05, 0) is 42.0 Å². The molecule has 0 unspecified atom stereocenters. The van der Waals surface area contributed by atoms with E-state index in [2.05, 4.69) is 20.3 Å². The summed E-state index contributed by atoms with van der Waals surface area (Å²) in [4.78, 5) is 41.6. The van der Waals surface area contributed by atoms with E-state index in [0.717, 1.165) is 11.3 Å². The van der Waals surface area contributed by atoms with Crippen molar-refractivity contribution in [3.8, 4) is 0 Å². The Hall–Kier alpha value is -3.84. The van der Waals surface area contributed by atoms with Gasteiger partial charge < -0.3 is 29.9 Å². The lowest BCUT2D eigenvalue weighted by Crippen LogP contribution is -2.46. The number of piperazine rings is 1. The van der Waals surface area contributed by atoms with Gasteiger partial charge in [-0.1, -0.05) is 36.1 Å². The number of halogens is 1. The first-order valence-corrected chi connectivity index (χ1v) is 13.5.